The van der Waals surface area contributed by atoms with Gasteiger partial charge >= 0.3 is 11.8 Å². The largest absolute Gasteiger partial charge is 0.338 e. The molecule has 0 aromatic heterocycles. The number of carbonyl (C=O) groups excluding carboxylic acids is 2. The fourth-order valence-corrected chi connectivity index (χ4v) is 1.58. The Morgan fingerprint density at radius 1 is 1.33 bits per heavy atom. The SMILES string of the molecule is CCCCN(C)C(=O)C(=O)Nc1cccc(C)c1. The summed E-state index contributed by atoms with van der Waals surface area (Å²) in [6, 6.07) is 7.38. The van der Waals surface area contributed by atoms with Crippen LogP contribution in [0.15, 0.2) is 24.3 Å². The average Bonchev–Trinajstić information content (AvgIpc) is 2.35. The number of likely N-dealkylation sites (N-methyl/N-ethyl adjacent to an activating group) is 1. The van der Waals surface area contributed by atoms with E-state index in [9.17, 15) is 9.59 Å². The maximum absolute atomic E-state index is 11.8. The highest BCUT2D eigenvalue weighted by molar-refractivity contribution is 6.39. The second kappa shape index (κ2) is 6.79. The molecule has 0 bridgehead atoms. The molecular weight excluding hydrogens is 228 g/mol. The summed E-state index contributed by atoms with van der Waals surface area (Å²) in [4.78, 5) is 24.9. The Kier molecular flexibility index (Phi) is 5.36. The fourth-order valence-electron chi connectivity index (χ4n) is 1.58. The summed E-state index contributed by atoms with van der Waals surface area (Å²) in [6.45, 7) is 4.59. The van der Waals surface area contributed by atoms with E-state index in [0.29, 0.717) is 12.2 Å². The van der Waals surface area contributed by atoms with E-state index in [-0.39, 0.29) is 0 Å². The van der Waals surface area contributed by atoms with Gasteiger partial charge in [0.15, 0.2) is 0 Å². The van der Waals surface area contributed by atoms with E-state index in [4.69, 9.17) is 0 Å². The molecule has 0 spiro atoms. The van der Waals surface area contributed by atoms with Crippen LogP contribution in [0.3, 0.4) is 0 Å². The molecular formula is C14H20N2O2. The van der Waals surface area contributed by atoms with Gasteiger partial charge in [0.05, 0.1) is 0 Å². The first-order valence-electron chi connectivity index (χ1n) is 6.17. The fraction of sp³-hybridized carbons (Fsp3) is 0.429. The van der Waals surface area contributed by atoms with Crippen molar-refractivity contribution >= 4 is 17.5 Å². The van der Waals surface area contributed by atoms with Crippen molar-refractivity contribution in [3.05, 3.63) is 29.8 Å². The molecule has 0 radical (unpaired) electrons. The first kappa shape index (κ1) is 14.2. The number of nitrogens with zero attached hydrogens (tertiary/aromatic N) is 1. The van der Waals surface area contributed by atoms with Crippen LogP contribution < -0.4 is 5.32 Å². The van der Waals surface area contributed by atoms with E-state index in [2.05, 4.69) is 5.32 Å². The van der Waals surface area contributed by atoms with Crippen molar-refractivity contribution in [2.45, 2.75) is 26.7 Å². The zero-order chi connectivity index (χ0) is 13.5. The summed E-state index contributed by atoms with van der Waals surface area (Å²) in [5, 5.41) is 2.61. The molecule has 0 aliphatic heterocycles. The first-order chi connectivity index (χ1) is 8.54. The van der Waals surface area contributed by atoms with Crippen LogP contribution in [0.2, 0.25) is 0 Å². The van der Waals surface area contributed by atoms with Gasteiger partial charge in [-0.2, -0.15) is 0 Å². The summed E-state index contributed by atoms with van der Waals surface area (Å²) in [6.07, 6.45) is 1.90. The monoisotopic (exact) mass is 248 g/mol. The zero-order valence-corrected chi connectivity index (χ0v) is 11.2. The molecule has 0 unspecified atom stereocenters. The molecule has 0 aliphatic carbocycles. The number of hydrogen-bond acceptors (Lipinski definition) is 2. The van der Waals surface area contributed by atoms with Crippen LogP contribution in [0.1, 0.15) is 25.3 Å². The van der Waals surface area contributed by atoms with Crippen molar-refractivity contribution in [2.24, 2.45) is 0 Å². The number of hydrogen-bond donors (Lipinski definition) is 1. The smallest absolute Gasteiger partial charge is 0.313 e. The quantitative estimate of drug-likeness (QED) is 0.830. The third-order valence-electron chi connectivity index (χ3n) is 2.66. The number of unbranched alkanes of at least 4 members (excludes halogenated alkanes) is 1. The van der Waals surface area contributed by atoms with Crippen molar-refractivity contribution in [3.63, 3.8) is 0 Å². The minimum absolute atomic E-state index is 0.495. The summed E-state index contributed by atoms with van der Waals surface area (Å²) < 4.78 is 0. The number of amides is 2. The Balaban J connectivity index is 2.57. The lowest BCUT2D eigenvalue weighted by atomic mass is 10.2. The molecule has 18 heavy (non-hydrogen) atoms. The Hall–Kier alpha value is -1.84. The normalized spacial score (nSPS) is 9.94. The highest BCUT2D eigenvalue weighted by Gasteiger charge is 2.17. The van der Waals surface area contributed by atoms with Crippen LogP contribution in [0.25, 0.3) is 0 Å². The van der Waals surface area contributed by atoms with E-state index in [1.807, 2.05) is 32.0 Å². The highest BCUT2D eigenvalue weighted by Crippen LogP contribution is 2.09. The van der Waals surface area contributed by atoms with Crippen molar-refractivity contribution in [1.82, 2.24) is 4.90 Å². The minimum Gasteiger partial charge on any atom is -0.338 e. The predicted octanol–water partition coefficient (Wildman–Crippen LogP) is 2.19. The topological polar surface area (TPSA) is 49.4 Å². The van der Waals surface area contributed by atoms with E-state index in [1.54, 1.807) is 13.1 Å². The van der Waals surface area contributed by atoms with Gasteiger partial charge in [0.25, 0.3) is 0 Å². The summed E-state index contributed by atoms with van der Waals surface area (Å²) in [7, 11) is 1.65. The molecule has 0 saturated heterocycles. The van der Waals surface area contributed by atoms with E-state index >= 15 is 0 Å². The number of aryl methyl sites for hydroxylation is 1. The predicted molar refractivity (Wildman–Crippen MR) is 72.4 cm³/mol. The number of carbonyl (C=O) groups is 2. The summed E-state index contributed by atoms with van der Waals surface area (Å²) in [5.74, 6) is -1.08. The van der Waals surface area contributed by atoms with Gasteiger partial charge in [-0.15, -0.1) is 0 Å². The number of rotatable bonds is 4. The van der Waals surface area contributed by atoms with Gasteiger partial charge in [-0.25, -0.2) is 0 Å². The third-order valence-corrected chi connectivity index (χ3v) is 2.66. The summed E-state index contributed by atoms with van der Waals surface area (Å²) in [5.41, 5.74) is 1.69. The molecule has 4 heteroatoms. The highest BCUT2D eigenvalue weighted by atomic mass is 16.2. The Bertz CT molecular complexity index is 430. The average molecular weight is 248 g/mol. The molecule has 0 heterocycles. The minimum atomic E-state index is -0.584. The Morgan fingerprint density at radius 2 is 2.06 bits per heavy atom. The van der Waals surface area contributed by atoms with Crippen LogP contribution in [-0.4, -0.2) is 30.3 Å². The van der Waals surface area contributed by atoms with Gasteiger partial charge in [-0.3, -0.25) is 9.59 Å². The van der Waals surface area contributed by atoms with Crippen molar-refractivity contribution in [3.8, 4) is 0 Å². The van der Waals surface area contributed by atoms with Crippen LogP contribution in [0.5, 0.6) is 0 Å². The molecule has 1 N–H and O–H groups in total. The Labute approximate surface area is 108 Å². The second-order valence-electron chi connectivity index (χ2n) is 4.40. The van der Waals surface area contributed by atoms with Crippen LogP contribution >= 0.6 is 0 Å². The van der Waals surface area contributed by atoms with Crippen LogP contribution in [0, 0.1) is 6.92 Å². The van der Waals surface area contributed by atoms with Gasteiger partial charge in [-0.1, -0.05) is 25.5 Å². The van der Waals surface area contributed by atoms with Gasteiger partial charge in [0, 0.05) is 19.3 Å². The molecule has 0 atom stereocenters. The second-order valence-corrected chi connectivity index (χ2v) is 4.40. The van der Waals surface area contributed by atoms with Gasteiger partial charge in [-0.05, 0) is 31.0 Å². The molecule has 0 aliphatic rings. The maximum atomic E-state index is 11.8. The van der Waals surface area contributed by atoms with Crippen LogP contribution in [-0.2, 0) is 9.59 Å². The standard InChI is InChI=1S/C14H20N2O2/c1-4-5-9-16(3)14(18)13(17)15-12-8-6-7-11(2)10-12/h6-8,10H,4-5,9H2,1-3H3,(H,15,17). The molecule has 98 valence electrons. The zero-order valence-electron chi connectivity index (χ0n) is 11.2. The van der Waals surface area contributed by atoms with E-state index in [0.717, 1.165) is 18.4 Å². The molecule has 1 rings (SSSR count). The molecule has 0 fully saturated rings. The molecule has 1 aromatic rings. The molecule has 1 aromatic carbocycles. The first-order valence-corrected chi connectivity index (χ1v) is 6.17. The van der Waals surface area contributed by atoms with E-state index < -0.39 is 11.8 Å². The van der Waals surface area contributed by atoms with Crippen molar-refractivity contribution in [2.75, 3.05) is 18.9 Å². The van der Waals surface area contributed by atoms with Crippen LogP contribution in [0.4, 0.5) is 5.69 Å². The molecule has 4 nitrogen and oxygen atoms in total. The van der Waals surface area contributed by atoms with E-state index in [1.165, 1.54) is 4.90 Å². The number of nitrogens with one attached hydrogen (secondary N) is 1. The molecule has 2 amide bonds. The lowest BCUT2D eigenvalue weighted by molar-refractivity contribution is -0.142. The lowest BCUT2D eigenvalue weighted by Gasteiger charge is -2.16. The summed E-state index contributed by atoms with van der Waals surface area (Å²) >= 11 is 0. The molecule has 0 saturated carbocycles. The number of benzene rings is 1. The third kappa shape index (κ3) is 4.20. The van der Waals surface area contributed by atoms with Crippen molar-refractivity contribution in [1.29, 1.82) is 0 Å². The van der Waals surface area contributed by atoms with Gasteiger partial charge < -0.3 is 10.2 Å². The Morgan fingerprint density at radius 3 is 2.67 bits per heavy atom. The number of anilines is 1. The van der Waals surface area contributed by atoms with Crippen molar-refractivity contribution < 1.29 is 9.59 Å². The maximum Gasteiger partial charge on any atom is 0.313 e. The van der Waals surface area contributed by atoms with Gasteiger partial charge in [0.1, 0.15) is 0 Å². The van der Waals surface area contributed by atoms with Gasteiger partial charge in [0.2, 0.25) is 0 Å². The lowest BCUT2D eigenvalue weighted by Crippen LogP contribution is -2.37.